The van der Waals surface area contributed by atoms with Crippen molar-refractivity contribution in [1.82, 2.24) is 0 Å². The van der Waals surface area contributed by atoms with Crippen molar-refractivity contribution in [3.8, 4) is 11.5 Å². The molecule has 0 saturated carbocycles. The van der Waals surface area contributed by atoms with Gasteiger partial charge < -0.3 is 15.0 Å². The molecule has 0 amide bonds. The largest absolute Gasteiger partial charge is 0.453 e. The second-order valence-electron chi connectivity index (χ2n) is 8.40. The van der Waals surface area contributed by atoms with Crippen LogP contribution < -0.4 is 15.0 Å². The Morgan fingerprint density at radius 2 is 1.27 bits per heavy atom. The molecule has 2 aliphatic rings. The van der Waals surface area contributed by atoms with Crippen LogP contribution in [-0.2, 0) is 5.41 Å². The molecule has 4 aromatic rings. The Kier molecular flexibility index (Phi) is 3.51. The Morgan fingerprint density at radius 3 is 2.00 bits per heavy atom. The normalized spacial score (nSPS) is 15.1. The average Bonchev–Trinajstić information content (AvgIpc) is 2.77. The molecule has 0 bridgehead atoms. The highest BCUT2D eigenvalue weighted by atomic mass is 16.5. The molecule has 0 radical (unpaired) electrons. The lowest BCUT2D eigenvalue weighted by Crippen LogP contribution is -2.26. The van der Waals surface area contributed by atoms with Crippen LogP contribution in [0.5, 0.6) is 11.5 Å². The first-order chi connectivity index (χ1) is 14.6. The number of fused-ring (bicyclic) bond motifs is 4. The highest BCUT2D eigenvalue weighted by Crippen LogP contribution is 2.52. The molecular formula is C27H22N2O. The number of rotatable bonds is 1. The minimum Gasteiger partial charge on any atom is -0.453 e. The van der Waals surface area contributed by atoms with E-state index in [4.69, 9.17) is 4.74 Å². The summed E-state index contributed by atoms with van der Waals surface area (Å²) in [7, 11) is 0. The highest BCUT2D eigenvalue weighted by molar-refractivity contribution is 5.88. The van der Waals surface area contributed by atoms with Crippen LogP contribution >= 0.6 is 0 Å². The van der Waals surface area contributed by atoms with E-state index in [-0.39, 0.29) is 5.41 Å². The van der Waals surface area contributed by atoms with Gasteiger partial charge in [-0.25, -0.2) is 0 Å². The Morgan fingerprint density at radius 1 is 0.667 bits per heavy atom. The fourth-order valence-corrected chi connectivity index (χ4v) is 4.71. The molecule has 6 rings (SSSR count). The summed E-state index contributed by atoms with van der Waals surface area (Å²) in [5.41, 5.74) is 8.10. The van der Waals surface area contributed by atoms with Gasteiger partial charge >= 0.3 is 0 Å². The standard InChI is InChI=1S/C27H22N2O/c1-27(2)19-9-3-4-10-21(19)28-22-16-15-18(17-20(22)27)29-23-11-5-7-13-25(23)30-26-14-8-6-12-24(26)29/h3-17,28H,1-2H3. The average molecular weight is 390 g/mol. The zero-order valence-corrected chi connectivity index (χ0v) is 17.0. The molecule has 0 spiro atoms. The van der Waals surface area contributed by atoms with Gasteiger partial charge in [-0.3, -0.25) is 0 Å². The maximum Gasteiger partial charge on any atom is 0.151 e. The zero-order valence-electron chi connectivity index (χ0n) is 17.0. The first-order valence-corrected chi connectivity index (χ1v) is 10.3. The molecule has 0 saturated heterocycles. The van der Waals surface area contributed by atoms with Crippen LogP contribution in [0, 0.1) is 0 Å². The van der Waals surface area contributed by atoms with E-state index in [0.29, 0.717) is 0 Å². The van der Waals surface area contributed by atoms with E-state index in [2.05, 4.69) is 90.8 Å². The van der Waals surface area contributed by atoms with E-state index in [0.717, 1.165) is 34.2 Å². The quantitative estimate of drug-likeness (QED) is 0.318. The molecule has 3 nitrogen and oxygen atoms in total. The minimum atomic E-state index is -0.0987. The Balaban J connectivity index is 1.55. The molecule has 2 heterocycles. The van der Waals surface area contributed by atoms with E-state index >= 15 is 0 Å². The van der Waals surface area contributed by atoms with Crippen molar-refractivity contribution < 1.29 is 4.74 Å². The Hall–Kier alpha value is -3.72. The third-order valence-corrected chi connectivity index (χ3v) is 6.24. The number of hydrogen-bond acceptors (Lipinski definition) is 3. The lowest BCUT2D eigenvalue weighted by atomic mass is 9.74. The van der Waals surface area contributed by atoms with Crippen LogP contribution in [0.3, 0.4) is 0 Å². The molecule has 3 heteroatoms. The number of para-hydroxylation sites is 5. The second-order valence-corrected chi connectivity index (χ2v) is 8.40. The second kappa shape index (κ2) is 6.14. The van der Waals surface area contributed by atoms with E-state index in [1.54, 1.807) is 0 Å². The third kappa shape index (κ3) is 2.38. The molecule has 0 atom stereocenters. The van der Waals surface area contributed by atoms with Gasteiger partial charge in [-0.05, 0) is 59.7 Å². The van der Waals surface area contributed by atoms with Crippen molar-refractivity contribution in [3.63, 3.8) is 0 Å². The van der Waals surface area contributed by atoms with Gasteiger partial charge in [0.15, 0.2) is 11.5 Å². The van der Waals surface area contributed by atoms with Gasteiger partial charge in [0.05, 0.1) is 11.4 Å². The summed E-state index contributed by atoms with van der Waals surface area (Å²) in [6.07, 6.45) is 0. The molecule has 0 fully saturated rings. The van der Waals surface area contributed by atoms with Gasteiger partial charge in [0.25, 0.3) is 0 Å². The van der Waals surface area contributed by atoms with Gasteiger partial charge in [0, 0.05) is 22.5 Å². The van der Waals surface area contributed by atoms with Crippen LogP contribution in [0.1, 0.15) is 25.0 Å². The Labute approximate surface area is 176 Å². The molecule has 0 aromatic heterocycles. The van der Waals surface area contributed by atoms with E-state index in [9.17, 15) is 0 Å². The van der Waals surface area contributed by atoms with Crippen LogP contribution in [0.2, 0.25) is 0 Å². The van der Waals surface area contributed by atoms with Crippen molar-refractivity contribution in [2.24, 2.45) is 0 Å². The minimum absolute atomic E-state index is 0.0987. The monoisotopic (exact) mass is 390 g/mol. The van der Waals surface area contributed by atoms with Gasteiger partial charge in [-0.15, -0.1) is 0 Å². The predicted molar refractivity (Wildman–Crippen MR) is 123 cm³/mol. The number of hydrogen-bond donors (Lipinski definition) is 1. The van der Waals surface area contributed by atoms with Gasteiger partial charge in [0.1, 0.15) is 0 Å². The number of nitrogens with one attached hydrogen (secondary N) is 1. The summed E-state index contributed by atoms with van der Waals surface area (Å²) in [4.78, 5) is 2.30. The molecule has 0 aliphatic carbocycles. The summed E-state index contributed by atoms with van der Waals surface area (Å²) in [5.74, 6) is 1.74. The van der Waals surface area contributed by atoms with E-state index in [1.165, 1.54) is 16.8 Å². The maximum atomic E-state index is 6.18. The van der Waals surface area contributed by atoms with E-state index < -0.39 is 0 Å². The van der Waals surface area contributed by atoms with Crippen molar-refractivity contribution in [1.29, 1.82) is 0 Å². The van der Waals surface area contributed by atoms with Crippen molar-refractivity contribution >= 4 is 28.4 Å². The van der Waals surface area contributed by atoms with Crippen molar-refractivity contribution in [2.75, 3.05) is 10.2 Å². The van der Waals surface area contributed by atoms with Gasteiger partial charge in [-0.1, -0.05) is 56.3 Å². The highest BCUT2D eigenvalue weighted by Gasteiger charge is 2.34. The molecule has 2 aliphatic heterocycles. The molecule has 1 N–H and O–H groups in total. The van der Waals surface area contributed by atoms with E-state index in [1.807, 2.05) is 24.3 Å². The number of nitrogens with zero attached hydrogens (tertiary/aromatic N) is 1. The van der Waals surface area contributed by atoms with Crippen LogP contribution in [0.25, 0.3) is 0 Å². The zero-order chi connectivity index (χ0) is 20.3. The summed E-state index contributed by atoms with van der Waals surface area (Å²) in [6, 6.07) is 31.7. The lowest BCUT2D eigenvalue weighted by molar-refractivity contribution is 0.477. The third-order valence-electron chi connectivity index (χ3n) is 6.24. The SMILES string of the molecule is CC1(C)c2ccccc2Nc2ccc(N3c4ccccc4Oc4ccccc43)cc21. The van der Waals surface area contributed by atoms with Crippen molar-refractivity contribution in [3.05, 3.63) is 102 Å². The smallest absolute Gasteiger partial charge is 0.151 e. The summed E-state index contributed by atoms with van der Waals surface area (Å²) in [5, 5.41) is 3.62. The topological polar surface area (TPSA) is 24.5 Å². The van der Waals surface area contributed by atoms with Gasteiger partial charge in [-0.2, -0.15) is 0 Å². The van der Waals surface area contributed by atoms with Crippen LogP contribution in [0.4, 0.5) is 28.4 Å². The first-order valence-electron chi connectivity index (χ1n) is 10.3. The van der Waals surface area contributed by atoms with Crippen molar-refractivity contribution in [2.45, 2.75) is 19.3 Å². The molecule has 146 valence electrons. The van der Waals surface area contributed by atoms with Gasteiger partial charge in [0.2, 0.25) is 0 Å². The van der Waals surface area contributed by atoms with Crippen LogP contribution in [-0.4, -0.2) is 0 Å². The number of ether oxygens (including phenoxy) is 1. The fourth-order valence-electron chi connectivity index (χ4n) is 4.71. The number of benzene rings is 4. The summed E-state index contributed by atoms with van der Waals surface area (Å²) in [6.45, 7) is 4.60. The Bertz CT molecular complexity index is 1250. The molecule has 4 aromatic carbocycles. The molecule has 30 heavy (non-hydrogen) atoms. The fraction of sp³-hybridized carbons (Fsp3) is 0.111. The summed E-state index contributed by atoms with van der Waals surface area (Å²) < 4.78 is 6.18. The van der Waals surface area contributed by atoms with Crippen LogP contribution in [0.15, 0.2) is 91.0 Å². The lowest BCUT2D eigenvalue weighted by Gasteiger charge is -2.38. The molecule has 0 unspecified atom stereocenters. The first kappa shape index (κ1) is 17.2. The molecular weight excluding hydrogens is 368 g/mol. The summed E-state index contributed by atoms with van der Waals surface area (Å²) >= 11 is 0. The predicted octanol–water partition coefficient (Wildman–Crippen LogP) is 7.65. The maximum absolute atomic E-state index is 6.18. The number of anilines is 5.